The number of hydrogen-bond donors (Lipinski definition) is 1. The molecule has 5 heteroatoms. The molecule has 0 saturated heterocycles. The number of thiophene rings is 1. The molecule has 0 bridgehead atoms. The second-order valence-corrected chi connectivity index (χ2v) is 7.72. The number of carboxylic acids is 1. The molecule has 4 rings (SSSR count). The molecular formula is C23H21NO3S. The summed E-state index contributed by atoms with van der Waals surface area (Å²) in [7, 11) is 0. The number of rotatable bonds is 6. The molecule has 142 valence electrons. The van der Waals surface area contributed by atoms with Crippen LogP contribution in [0.15, 0.2) is 47.8 Å². The van der Waals surface area contributed by atoms with Crippen LogP contribution in [-0.4, -0.2) is 22.7 Å². The standard InChI is InChI=1S/C23H21NO3S/c1-3-4-11-27-19-10-9-14(2)22-21(19)16(23(25)26)12-18(24-22)17-13-28-20-8-6-5-7-15(17)20/h5-10,12-13H,3-4,11H2,1-2H3,(H,25,26). The first-order valence-corrected chi connectivity index (χ1v) is 10.2. The van der Waals surface area contributed by atoms with Crippen molar-refractivity contribution < 1.29 is 14.6 Å². The molecule has 28 heavy (non-hydrogen) atoms. The smallest absolute Gasteiger partial charge is 0.336 e. The van der Waals surface area contributed by atoms with Gasteiger partial charge in [-0.3, -0.25) is 0 Å². The van der Waals surface area contributed by atoms with Crippen LogP contribution in [0.4, 0.5) is 0 Å². The molecule has 0 aliphatic carbocycles. The highest BCUT2D eigenvalue weighted by Gasteiger charge is 2.19. The zero-order valence-electron chi connectivity index (χ0n) is 15.9. The van der Waals surface area contributed by atoms with E-state index in [1.807, 2.05) is 42.6 Å². The maximum absolute atomic E-state index is 12.1. The second-order valence-electron chi connectivity index (χ2n) is 6.81. The minimum Gasteiger partial charge on any atom is -0.493 e. The van der Waals surface area contributed by atoms with E-state index in [1.165, 1.54) is 0 Å². The van der Waals surface area contributed by atoms with Gasteiger partial charge in [0.05, 0.1) is 28.8 Å². The van der Waals surface area contributed by atoms with Crippen molar-refractivity contribution in [2.45, 2.75) is 26.7 Å². The Kier molecular flexibility index (Phi) is 5.01. The third kappa shape index (κ3) is 3.22. The molecule has 0 aliphatic rings. The fourth-order valence-corrected chi connectivity index (χ4v) is 4.33. The average molecular weight is 391 g/mol. The lowest BCUT2D eigenvalue weighted by atomic mass is 10.0. The maximum atomic E-state index is 12.1. The number of aromatic nitrogens is 1. The molecule has 0 amide bonds. The number of hydrogen-bond acceptors (Lipinski definition) is 4. The maximum Gasteiger partial charge on any atom is 0.336 e. The van der Waals surface area contributed by atoms with Gasteiger partial charge in [-0.1, -0.05) is 37.6 Å². The van der Waals surface area contributed by atoms with Gasteiger partial charge in [-0.2, -0.15) is 0 Å². The predicted octanol–water partition coefficient (Wildman–Crippen LogP) is 6.30. The van der Waals surface area contributed by atoms with Gasteiger partial charge in [-0.15, -0.1) is 11.3 Å². The molecule has 2 aromatic carbocycles. The van der Waals surface area contributed by atoms with Gasteiger partial charge in [-0.05, 0) is 37.1 Å². The van der Waals surface area contributed by atoms with Crippen LogP contribution < -0.4 is 4.74 Å². The SMILES string of the molecule is CCCCOc1ccc(C)c2nc(-c3csc4ccccc34)cc(C(=O)O)c12. The fourth-order valence-electron chi connectivity index (χ4n) is 3.37. The normalized spacial score (nSPS) is 11.2. The molecular weight excluding hydrogens is 370 g/mol. The molecule has 4 aromatic rings. The number of benzene rings is 2. The Morgan fingerprint density at radius 1 is 1.21 bits per heavy atom. The summed E-state index contributed by atoms with van der Waals surface area (Å²) in [6.45, 7) is 4.61. The largest absolute Gasteiger partial charge is 0.493 e. The Labute approximate surface area is 167 Å². The van der Waals surface area contributed by atoms with Crippen molar-refractivity contribution >= 4 is 38.3 Å². The molecule has 0 spiro atoms. The number of pyridine rings is 1. The molecule has 2 aromatic heterocycles. The number of aryl methyl sites for hydroxylation is 1. The van der Waals surface area contributed by atoms with Crippen molar-refractivity contribution in [2.75, 3.05) is 6.61 Å². The van der Waals surface area contributed by atoms with E-state index in [4.69, 9.17) is 9.72 Å². The van der Waals surface area contributed by atoms with Gasteiger partial charge in [0.25, 0.3) is 0 Å². The van der Waals surface area contributed by atoms with Gasteiger partial charge in [0.1, 0.15) is 5.75 Å². The minimum absolute atomic E-state index is 0.227. The number of aromatic carboxylic acids is 1. The first-order valence-electron chi connectivity index (χ1n) is 9.37. The molecule has 0 radical (unpaired) electrons. The Bertz CT molecular complexity index is 1180. The van der Waals surface area contributed by atoms with Gasteiger partial charge < -0.3 is 9.84 Å². The molecule has 4 nitrogen and oxygen atoms in total. The van der Waals surface area contributed by atoms with Crippen LogP contribution in [0, 0.1) is 6.92 Å². The lowest BCUT2D eigenvalue weighted by Gasteiger charge is -2.14. The van der Waals surface area contributed by atoms with Crippen molar-refractivity contribution in [3.63, 3.8) is 0 Å². The van der Waals surface area contributed by atoms with Crippen LogP contribution in [-0.2, 0) is 0 Å². The molecule has 0 unspecified atom stereocenters. The van der Waals surface area contributed by atoms with Gasteiger partial charge in [0.2, 0.25) is 0 Å². The predicted molar refractivity (Wildman–Crippen MR) is 115 cm³/mol. The van der Waals surface area contributed by atoms with Crippen molar-refractivity contribution in [3.8, 4) is 17.0 Å². The number of carboxylic acid groups (broad SMARTS) is 1. The molecule has 1 N–H and O–H groups in total. The third-order valence-corrected chi connectivity index (χ3v) is 5.83. The number of ether oxygens (including phenoxy) is 1. The Morgan fingerprint density at radius 3 is 2.82 bits per heavy atom. The Hall–Kier alpha value is -2.92. The number of nitrogens with zero attached hydrogens (tertiary/aromatic N) is 1. The molecule has 2 heterocycles. The molecule has 0 fully saturated rings. The first kappa shape index (κ1) is 18.4. The Balaban J connectivity index is 1.96. The summed E-state index contributed by atoms with van der Waals surface area (Å²) in [4.78, 5) is 17.0. The van der Waals surface area contributed by atoms with E-state index in [-0.39, 0.29) is 5.56 Å². The second kappa shape index (κ2) is 7.60. The molecule has 0 saturated carbocycles. The van der Waals surface area contributed by atoms with Gasteiger partial charge >= 0.3 is 5.97 Å². The summed E-state index contributed by atoms with van der Waals surface area (Å²) in [5, 5.41) is 13.6. The van der Waals surface area contributed by atoms with E-state index in [9.17, 15) is 9.90 Å². The summed E-state index contributed by atoms with van der Waals surface area (Å²) in [5.41, 5.74) is 3.48. The van der Waals surface area contributed by atoms with Crippen LogP contribution in [0.25, 0.3) is 32.2 Å². The summed E-state index contributed by atoms with van der Waals surface area (Å²) < 4.78 is 7.06. The minimum atomic E-state index is -0.973. The van der Waals surface area contributed by atoms with Crippen LogP contribution in [0.2, 0.25) is 0 Å². The van der Waals surface area contributed by atoms with Crippen LogP contribution in [0.3, 0.4) is 0 Å². The highest BCUT2D eigenvalue weighted by atomic mass is 32.1. The summed E-state index contributed by atoms with van der Waals surface area (Å²) in [6.07, 6.45) is 1.94. The first-order chi connectivity index (χ1) is 13.6. The highest BCUT2D eigenvalue weighted by Crippen LogP contribution is 2.37. The van der Waals surface area contributed by atoms with E-state index in [0.29, 0.717) is 29.0 Å². The fraction of sp³-hybridized carbons (Fsp3) is 0.217. The summed E-state index contributed by atoms with van der Waals surface area (Å²) in [6, 6.07) is 13.6. The van der Waals surface area contributed by atoms with E-state index < -0.39 is 5.97 Å². The number of unbranched alkanes of at least 4 members (excludes halogenated alkanes) is 1. The van der Waals surface area contributed by atoms with Crippen molar-refractivity contribution in [2.24, 2.45) is 0 Å². The molecule has 0 atom stereocenters. The van der Waals surface area contributed by atoms with Crippen molar-refractivity contribution in [1.82, 2.24) is 4.98 Å². The van der Waals surface area contributed by atoms with E-state index >= 15 is 0 Å². The highest BCUT2D eigenvalue weighted by molar-refractivity contribution is 7.17. The van der Waals surface area contributed by atoms with Crippen LogP contribution in [0.1, 0.15) is 35.7 Å². The van der Waals surface area contributed by atoms with Gasteiger partial charge in [-0.25, -0.2) is 9.78 Å². The van der Waals surface area contributed by atoms with Crippen LogP contribution in [0.5, 0.6) is 5.75 Å². The van der Waals surface area contributed by atoms with Crippen molar-refractivity contribution in [1.29, 1.82) is 0 Å². The van der Waals surface area contributed by atoms with E-state index in [0.717, 1.165) is 34.1 Å². The summed E-state index contributed by atoms with van der Waals surface area (Å²) >= 11 is 1.64. The summed E-state index contributed by atoms with van der Waals surface area (Å²) in [5.74, 6) is -0.389. The quantitative estimate of drug-likeness (QED) is 0.392. The zero-order valence-corrected chi connectivity index (χ0v) is 16.7. The third-order valence-electron chi connectivity index (χ3n) is 4.87. The Morgan fingerprint density at radius 2 is 2.04 bits per heavy atom. The van der Waals surface area contributed by atoms with Gasteiger partial charge in [0, 0.05) is 21.0 Å². The van der Waals surface area contributed by atoms with Gasteiger partial charge in [0.15, 0.2) is 0 Å². The van der Waals surface area contributed by atoms with Crippen LogP contribution >= 0.6 is 11.3 Å². The average Bonchev–Trinajstić information content (AvgIpc) is 3.13. The monoisotopic (exact) mass is 391 g/mol. The van der Waals surface area contributed by atoms with Crippen molar-refractivity contribution in [3.05, 3.63) is 59.0 Å². The van der Waals surface area contributed by atoms with E-state index in [1.54, 1.807) is 17.4 Å². The lowest BCUT2D eigenvalue weighted by Crippen LogP contribution is -2.04. The van der Waals surface area contributed by atoms with E-state index in [2.05, 4.69) is 13.0 Å². The zero-order chi connectivity index (χ0) is 19.7. The topological polar surface area (TPSA) is 59.4 Å². The molecule has 0 aliphatic heterocycles. The number of fused-ring (bicyclic) bond motifs is 2. The number of carbonyl (C=O) groups is 1. The lowest BCUT2D eigenvalue weighted by molar-refractivity contribution is 0.0698.